The van der Waals surface area contributed by atoms with Gasteiger partial charge in [-0.05, 0) is 98.8 Å². The van der Waals surface area contributed by atoms with E-state index in [0.29, 0.717) is 0 Å². The van der Waals surface area contributed by atoms with Crippen LogP contribution in [0.25, 0.3) is 0 Å². The molecule has 0 radical (unpaired) electrons. The third-order valence-corrected chi connectivity index (χ3v) is 5.10. The van der Waals surface area contributed by atoms with Crippen LogP contribution in [0.3, 0.4) is 0 Å². The number of aryl methyl sites for hydroxylation is 4. The van der Waals surface area contributed by atoms with Crippen molar-refractivity contribution in [1.29, 1.82) is 0 Å². The molecule has 126 valence electrons. The fourth-order valence-corrected chi connectivity index (χ4v) is 3.44. The van der Waals surface area contributed by atoms with E-state index < -0.39 is 0 Å². The van der Waals surface area contributed by atoms with Gasteiger partial charge >= 0.3 is 0 Å². The fourth-order valence-electron chi connectivity index (χ4n) is 3.44. The zero-order valence-electron chi connectivity index (χ0n) is 15.5. The van der Waals surface area contributed by atoms with Gasteiger partial charge in [-0.15, -0.1) is 0 Å². The predicted molar refractivity (Wildman–Crippen MR) is 105 cm³/mol. The Morgan fingerprint density at radius 1 is 0.640 bits per heavy atom. The highest BCUT2D eigenvalue weighted by atomic mass is 16.5. The number of hydrogen-bond donors (Lipinski definition) is 0. The smallest absolute Gasteiger partial charge is 0.151 e. The summed E-state index contributed by atoms with van der Waals surface area (Å²) in [4.78, 5) is 2.31. The highest BCUT2D eigenvalue weighted by Gasteiger charge is 2.26. The lowest BCUT2D eigenvalue weighted by Crippen LogP contribution is -2.16. The van der Waals surface area contributed by atoms with Crippen molar-refractivity contribution in [2.24, 2.45) is 0 Å². The Kier molecular flexibility index (Phi) is 3.57. The third kappa shape index (κ3) is 2.58. The molecule has 0 saturated heterocycles. The molecular weight excluding hydrogens is 306 g/mol. The van der Waals surface area contributed by atoms with Crippen molar-refractivity contribution in [1.82, 2.24) is 0 Å². The third-order valence-electron chi connectivity index (χ3n) is 5.10. The lowest BCUT2D eigenvalue weighted by Gasteiger charge is -2.34. The quantitative estimate of drug-likeness (QED) is 0.380. The summed E-state index contributed by atoms with van der Waals surface area (Å²) in [6.07, 6.45) is 0. The minimum absolute atomic E-state index is 0.911. The number of nitrogens with zero attached hydrogens (tertiary/aromatic N) is 1. The van der Waals surface area contributed by atoms with Crippen molar-refractivity contribution in [2.75, 3.05) is 4.90 Å². The minimum Gasteiger partial charge on any atom is -0.453 e. The summed E-state index contributed by atoms with van der Waals surface area (Å²) in [6, 6.07) is 17.3. The summed E-state index contributed by atoms with van der Waals surface area (Å²) in [5.41, 5.74) is 9.73. The predicted octanol–water partition coefficient (Wildman–Crippen LogP) is 6.80. The summed E-state index contributed by atoms with van der Waals surface area (Å²) >= 11 is 0. The first-order chi connectivity index (χ1) is 11.9. The maximum atomic E-state index is 6.23. The van der Waals surface area contributed by atoms with Crippen LogP contribution in [-0.2, 0) is 0 Å². The van der Waals surface area contributed by atoms with E-state index in [-0.39, 0.29) is 0 Å². The van der Waals surface area contributed by atoms with Crippen LogP contribution in [0.4, 0.5) is 17.1 Å². The van der Waals surface area contributed by atoms with Crippen LogP contribution in [0.1, 0.15) is 27.8 Å². The summed E-state index contributed by atoms with van der Waals surface area (Å²) in [5, 5.41) is 0. The van der Waals surface area contributed by atoms with Gasteiger partial charge in [-0.25, -0.2) is 0 Å². The highest BCUT2D eigenvalue weighted by Crippen LogP contribution is 2.51. The first-order valence-electron chi connectivity index (χ1n) is 8.71. The number of benzene rings is 3. The molecule has 1 aliphatic rings. The largest absolute Gasteiger partial charge is 0.453 e. The Morgan fingerprint density at radius 3 is 1.60 bits per heavy atom. The molecule has 0 amide bonds. The summed E-state index contributed by atoms with van der Waals surface area (Å²) in [6.45, 7) is 10.7. The van der Waals surface area contributed by atoms with E-state index in [1.165, 1.54) is 33.5 Å². The van der Waals surface area contributed by atoms with Crippen molar-refractivity contribution >= 4 is 17.1 Å². The van der Waals surface area contributed by atoms with Gasteiger partial charge in [-0.1, -0.05) is 12.1 Å². The number of rotatable bonds is 1. The Hall–Kier alpha value is -2.74. The molecule has 0 bridgehead atoms. The number of hydrogen-bond acceptors (Lipinski definition) is 2. The van der Waals surface area contributed by atoms with E-state index in [1.54, 1.807) is 0 Å². The van der Waals surface area contributed by atoms with Gasteiger partial charge in [0, 0.05) is 5.69 Å². The van der Waals surface area contributed by atoms with E-state index >= 15 is 0 Å². The van der Waals surface area contributed by atoms with Crippen molar-refractivity contribution < 1.29 is 4.74 Å². The van der Waals surface area contributed by atoms with Crippen molar-refractivity contribution in [3.05, 3.63) is 76.3 Å². The molecule has 0 unspecified atom stereocenters. The van der Waals surface area contributed by atoms with Crippen molar-refractivity contribution in [3.8, 4) is 11.5 Å². The van der Waals surface area contributed by atoms with Gasteiger partial charge in [-0.2, -0.15) is 0 Å². The maximum Gasteiger partial charge on any atom is 0.151 e. The van der Waals surface area contributed by atoms with E-state index in [4.69, 9.17) is 4.74 Å². The molecule has 4 rings (SSSR count). The summed E-state index contributed by atoms with van der Waals surface area (Å²) in [5.74, 6) is 1.82. The van der Waals surface area contributed by atoms with Crippen LogP contribution >= 0.6 is 0 Å². The standard InChI is InChI=1S/C23H23NO/c1-14-6-8-20-22(10-14)25-23-11-15(2)7-9-21(23)24(20)19-12-16(3)18(5)17(4)13-19/h6-13H,1-5H3. The number of ether oxygens (including phenoxy) is 1. The van der Waals surface area contributed by atoms with Crippen LogP contribution in [0, 0.1) is 34.6 Å². The molecule has 2 nitrogen and oxygen atoms in total. The van der Waals surface area contributed by atoms with Crippen LogP contribution in [-0.4, -0.2) is 0 Å². The number of anilines is 3. The Balaban J connectivity index is 1.99. The Bertz CT molecular complexity index is 913. The van der Waals surface area contributed by atoms with Crippen LogP contribution < -0.4 is 9.64 Å². The van der Waals surface area contributed by atoms with E-state index in [2.05, 4.69) is 88.0 Å². The normalized spacial score (nSPS) is 12.4. The molecule has 0 N–H and O–H groups in total. The molecule has 0 aromatic heterocycles. The van der Waals surface area contributed by atoms with Gasteiger partial charge in [0.1, 0.15) is 0 Å². The zero-order valence-corrected chi connectivity index (χ0v) is 15.5. The minimum atomic E-state index is 0.911. The van der Waals surface area contributed by atoms with Gasteiger partial charge < -0.3 is 9.64 Å². The Labute approximate surface area is 149 Å². The van der Waals surface area contributed by atoms with Crippen molar-refractivity contribution in [2.45, 2.75) is 34.6 Å². The second-order valence-corrected chi connectivity index (χ2v) is 7.08. The van der Waals surface area contributed by atoms with E-state index in [1.807, 2.05) is 0 Å². The molecule has 0 aliphatic carbocycles. The SMILES string of the molecule is Cc1ccc2c(c1)Oc1cc(C)ccc1N2c1cc(C)c(C)c(C)c1. The summed E-state index contributed by atoms with van der Waals surface area (Å²) < 4.78 is 6.23. The lowest BCUT2D eigenvalue weighted by molar-refractivity contribution is 0.476. The average Bonchev–Trinajstić information content (AvgIpc) is 2.56. The van der Waals surface area contributed by atoms with Gasteiger partial charge in [0.15, 0.2) is 11.5 Å². The highest BCUT2D eigenvalue weighted by molar-refractivity contribution is 5.87. The molecular formula is C23H23NO. The molecule has 25 heavy (non-hydrogen) atoms. The molecule has 1 aliphatic heterocycles. The average molecular weight is 329 g/mol. The van der Waals surface area contributed by atoms with Gasteiger partial charge in [0.25, 0.3) is 0 Å². The van der Waals surface area contributed by atoms with Crippen LogP contribution in [0.2, 0.25) is 0 Å². The molecule has 0 spiro atoms. The van der Waals surface area contributed by atoms with E-state index in [9.17, 15) is 0 Å². The first-order valence-corrected chi connectivity index (χ1v) is 8.71. The Morgan fingerprint density at radius 2 is 1.12 bits per heavy atom. The zero-order chi connectivity index (χ0) is 17.7. The van der Waals surface area contributed by atoms with Gasteiger partial charge in [0.2, 0.25) is 0 Å². The van der Waals surface area contributed by atoms with Gasteiger partial charge in [-0.3, -0.25) is 0 Å². The topological polar surface area (TPSA) is 12.5 Å². The van der Waals surface area contributed by atoms with Crippen LogP contribution in [0.5, 0.6) is 11.5 Å². The summed E-state index contributed by atoms with van der Waals surface area (Å²) in [7, 11) is 0. The van der Waals surface area contributed by atoms with Gasteiger partial charge in [0.05, 0.1) is 11.4 Å². The molecule has 0 fully saturated rings. The second kappa shape index (κ2) is 5.66. The van der Waals surface area contributed by atoms with E-state index in [0.717, 1.165) is 22.9 Å². The maximum absolute atomic E-state index is 6.23. The molecule has 1 heterocycles. The molecule has 0 atom stereocenters. The first kappa shape index (κ1) is 15.8. The molecule has 0 saturated carbocycles. The monoisotopic (exact) mass is 329 g/mol. The molecule has 2 heteroatoms. The lowest BCUT2D eigenvalue weighted by atomic mass is 10.0. The fraction of sp³-hybridized carbons (Fsp3) is 0.217. The number of fused-ring (bicyclic) bond motifs is 2. The molecule has 3 aromatic carbocycles. The van der Waals surface area contributed by atoms with Crippen molar-refractivity contribution in [3.63, 3.8) is 0 Å². The molecule has 3 aromatic rings. The van der Waals surface area contributed by atoms with Crippen LogP contribution in [0.15, 0.2) is 48.5 Å². The second-order valence-electron chi connectivity index (χ2n) is 7.08.